The van der Waals surface area contributed by atoms with Crippen molar-refractivity contribution in [2.24, 2.45) is 0 Å². The number of hydrogen-bond acceptors (Lipinski definition) is 6. The van der Waals surface area contributed by atoms with Crippen LogP contribution in [0.3, 0.4) is 0 Å². The third-order valence-electron chi connectivity index (χ3n) is 8.56. The summed E-state index contributed by atoms with van der Waals surface area (Å²) in [5, 5.41) is 4.05. The second-order valence-corrected chi connectivity index (χ2v) is 10.7. The normalized spacial score (nSPS) is 16.7. The number of benzene rings is 5. The van der Waals surface area contributed by atoms with Crippen LogP contribution in [0.1, 0.15) is 41.4 Å². The molecule has 5 aromatic rings. The van der Waals surface area contributed by atoms with Gasteiger partial charge in [-0.15, -0.1) is 0 Å². The first-order valence-corrected chi connectivity index (χ1v) is 13.9. The van der Waals surface area contributed by atoms with E-state index in [1.165, 1.54) is 5.69 Å². The van der Waals surface area contributed by atoms with Crippen molar-refractivity contribution in [2.75, 3.05) is 36.0 Å². The quantitative estimate of drug-likeness (QED) is 0.289. The maximum absolute atomic E-state index is 14.0. The molecule has 0 aliphatic carbocycles. The SMILES string of the molecule is O=C1c2cccc3cccc(c23)C(=O)N1N1C(=O)c2cccc3c(N4CCN(c5ccccc5)CC4)ccc(c23)C1=O. The molecule has 1 fully saturated rings. The fourth-order valence-corrected chi connectivity index (χ4v) is 6.57. The van der Waals surface area contributed by atoms with Crippen molar-refractivity contribution in [3.63, 3.8) is 0 Å². The topological polar surface area (TPSA) is 81.2 Å². The van der Waals surface area contributed by atoms with Gasteiger partial charge in [0.05, 0.1) is 22.3 Å². The first-order chi connectivity index (χ1) is 20.5. The number of carbonyl (C=O) groups excluding carboxylic acids is 4. The van der Waals surface area contributed by atoms with E-state index in [2.05, 4.69) is 21.9 Å². The average molecular weight is 553 g/mol. The van der Waals surface area contributed by atoms with E-state index in [0.717, 1.165) is 47.6 Å². The summed E-state index contributed by atoms with van der Waals surface area (Å²) in [6.45, 7) is 3.24. The molecule has 0 unspecified atom stereocenters. The van der Waals surface area contributed by atoms with E-state index in [9.17, 15) is 19.2 Å². The Morgan fingerprint density at radius 1 is 0.429 bits per heavy atom. The molecule has 5 aromatic carbocycles. The summed E-state index contributed by atoms with van der Waals surface area (Å²) in [7, 11) is 0. The third kappa shape index (κ3) is 3.35. The Hall–Kier alpha value is -5.50. The molecule has 3 aliphatic heterocycles. The van der Waals surface area contributed by atoms with E-state index in [4.69, 9.17) is 0 Å². The third-order valence-corrected chi connectivity index (χ3v) is 8.56. The van der Waals surface area contributed by atoms with Crippen LogP contribution in [-0.2, 0) is 0 Å². The van der Waals surface area contributed by atoms with Crippen LogP contribution in [0, 0.1) is 0 Å². The van der Waals surface area contributed by atoms with Gasteiger partial charge >= 0.3 is 0 Å². The van der Waals surface area contributed by atoms with Crippen LogP contribution < -0.4 is 9.80 Å². The maximum Gasteiger partial charge on any atom is 0.281 e. The predicted octanol–water partition coefficient (Wildman–Crippen LogP) is 5.13. The second kappa shape index (κ2) is 9.01. The molecule has 0 N–H and O–H groups in total. The van der Waals surface area contributed by atoms with Gasteiger partial charge in [0.15, 0.2) is 0 Å². The highest BCUT2D eigenvalue weighted by Gasteiger charge is 2.45. The monoisotopic (exact) mass is 552 g/mol. The number of hydrazine groups is 1. The predicted molar refractivity (Wildman–Crippen MR) is 160 cm³/mol. The van der Waals surface area contributed by atoms with Gasteiger partial charge in [-0.2, -0.15) is 10.0 Å². The highest BCUT2D eigenvalue weighted by molar-refractivity contribution is 6.31. The van der Waals surface area contributed by atoms with Crippen molar-refractivity contribution >= 4 is 56.5 Å². The van der Waals surface area contributed by atoms with Crippen molar-refractivity contribution in [2.45, 2.75) is 0 Å². The molecule has 0 saturated carbocycles. The molecule has 42 heavy (non-hydrogen) atoms. The molecular weight excluding hydrogens is 528 g/mol. The molecular formula is C34H24N4O4. The van der Waals surface area contributed by atoms with Crippen molar-refractivity contribution < 1.29 is 19.2 Å². The van der Waals surface area contributed by atoms with Gasteiger partial charge < -0.3 is 9.80 Å². The van der Waals surface area contributed by atoms with Crippen molar-refractivity contribution in [3.05, 3.63) is 119 Å². The number of hydrogen-bond donors (Lipinski definition) is 0. The van der Waals surface area contributed by atoms with Crippen molar-refractivity contribution in [1.29, 1.82) is 0 Å². The molecule has 3 aliphatic rings. The molecule has 3 heterocycles. The Kier molecular flexibility index (Phi) is 5.21. The highest BCUT2D eigenvalue weighted by Crippen LogP contribution is 2.39. The maximum atomic E-state index is 14.0. The highest BCUT2D eigenvalue weighted by atomic mass is 16.2. The lowest BCUT2D eigenvalue weighted by atomic mass is 9.92. The minimum Gasteiger partial charge on any atom is -0.368 e. The summed E-state index contributed by atoms with van der Waals surface area (Å²) in [5.41, 5.74) is 3.25. The molecule has 0 spiro atoms. The van der Waals surface area contributed by atoms with Crippen molar-refractivity contribution in [3.8, 4) is 0 Å². The van der Waals surface area contributed by atoms with Crippen LogP contribution in [0.4, 0.5) is 11.4 Å². The first-order valence-electron chi connectivity index (χ1n) is 13.9. The van der Waals surface area contributed by atoms with Gasteiger partial charge in [0.25, 0.3) is 23.6 Å². The minimum atomic E-state index is -0.700. The Labute approximate surface area is 240 Å². The van der Waals surface area contributed by atoms with Gasteiger partial charge in [-0.25, -0.2) is 0 Å². The Balaban J connectivity index is 1.17. The van der Waals surface area contributed by atoms with Gasteiger partial charge in [0.2, 0.25) is 0 Å². The number of rotatable bonds is 3. The fraction of sp³-hybridized carbons (Fsp3) is 0.118. The van der Waals surface area contributed by atoms with Gasteiger partial charge in [0.1, 0.15) is 0 Å². The first kappa shape index (κ1) is 24.3. The molecule has 8 heteroatoms. The Morgan fingerprint density at radius 3 is 1.52 bits per heavy atom. The number of imide groups is 2. The number of piperazine rings is 1. The zero-order valence-electron chi connectivity index (χ0n) is 22.5. The molecule has 0 bridgehead atoms. The number of para-hydroxylation sites is 1. The van der Waals surface area contributed by atoms with Gasteiger partial charge in [-0.05, 0) is 47.9 Å². The van der Waals surface area contributed by atoms with E-state index >= 15 is 0 Å². The van der Waals surface area contributed by atoms with Gasteiger partial charge in [-0.1, -0.05) is 54.6 Å². The number of nitrogens with zero attached hydrogens (tertiary/aromatic N) is 4. The summed E-state index contributed by atoms with van der Waals surface area (Å²) >= 11 is 0. The largest absolute Gasteiger partial charge is 0.368 e. The summed E-state index contributed by atoms with van der Waals surface area (Å²) in [6.07, 6.45) is 0. The van der Waals surface area contributed by atoms with Crippen LogP contribution in [0.25, 0.3) is 21.5 Å². The summed E-state index contributed by atoms with van der Waals surface area (Å²) in [5.74, 6) is -2.79. The fourth-order valence-electron chi connectivity index (χ4n) is 6.57. The molecule has 204 valence electrons. The summed E-state index contributed by atoms with van der Waals surface area (Å²) in [4.78, 5) is 60.0. The number of amides is 4. The van der Waals surface area contributed by atoms with Crippen LogP contribution in [0.5, 0.6) is 0 Å². The minimum absolute atomic E-state index is 0.275. The zero-order chi connectivity index (χ0) is 28.5. The van der Waals surface area contributed by atoms with Crippen molar-refractivity contribution in [1.82, 2.24) is 10.0 Å². The summed E-state index contributed by atoms with van der Waals surface area (Å²) in [6, 6.07) is 29.6. The number of carbonyl (C=O) groups is 4. The molecule has 0 aromatic heterocycles. The second-order valence-electron chi connectivity index (χ2n) is 10.7. The van der Waals surface area contributed by atoms with E-state index in [0.29, 0.717) is 15.8 Å². The molecule has 0 radical (unpaired) electrons. The molecule has 4 amide bonds. The lowest BCUT2D eigenvalue weighted by Gasteiger charge is -2.39. The van der Waals surface area contributed by atoms with E-state index in [1.807, 2.05) is 42.5 Å². The van der Waals surface area contributed by atoms with E-state index in [-0.39, 0.29) is 22.3 Å². The molecule has 0 atom stereocenters. The lowest BCUT2D eigenvalue weighted by molar-refractivity contribution is 0.00212. The smallest absolute Gasteiger partial charge is 0.281 e. The van der Waals surface area contributed by atoms with Gasteiger partial charge in [-0.3, -0.25) is 19.2 Å². The lowest BCUT2D eigenvalue weighted by Crippen LogP contribution is -2.58. The molecule has 1 saturated heterocycles. The number of anilines is 2. The standard InChI is InChI=1S/C34H24N4O4/c39-31-24-12-4-7-21-8-5-13-25(29(21)24)32(40)37(31)38-33(41)26-14-6-11-23-28(16-15-27(30(23)26)34(38)42)36-19-17-35(18-20-36)22-9-2-1-3-10-22/h1-16H,17-20H2. The van der Waals surface area contributed by atoms with E-state index in [1.54, 1.807) is 42.5 Å². The summed E-state index contributed by atoms with van der Waals surface area (Å²) < 4.78 is 0. The van der Waals surface area contributed by atoms with Crippen LogP contribution >= 0.6 is 0 Å². The molecule has 8 nitrogen and oxygen atoms in total. The van der Waals surface area contributed by atoms with Gasteiger partial charge in [0, 0.05) is 53.7 Å². The molecule has 8 rings (SSSR count). The Morgan fingerprint density at radius 2 is 0.929 bits per heavy atom. The van der Waals surface area contributed by atoms with Crippen LogP contribution in [-0.4, -0.2) is 59.8 Å². The average Bonchev–Trinajstić information content (AvgIpc) is 3.04. The Bertz CT molecular complexity index is 1920. The van der Waals surface area contributed by atoms with Crippen LogP contribution in [0.15, 0.2) is 97.1 Å². The zero-order valence-corrected chi connectivity index (χ0v) is 22.5. The van der Waals surface area contributed by atoms with Crippen LogP contribution in [0.2, 0.25) is 0 Å². The van der Waals surface area contributed by atoms with E-state index < -0.39 is 23.6 Å².